The summed E-state index contributed by atoms with van der Waals surface area (Å²) in [5.74, 6) is 1.00. The van der Waals surface area contributed by atoms with Gasteiger partial charge in [0.2, 0.25) is 0 Å². The number of carbonyl (C=O) groups excluding carboxylic acids is 2. The Morgan fingerprint density at radius 3 is 2.83 bits per heavy atom. The summed E-state index contributed by atoms with van der Waals surface area (Å²) in [6, 6.07) is 6.81. The van der Waals surface area contributed by atoms with Crippen LogP contribution in [0.25, 0.3) is 0 Å². The van der Waals surface area contributed by atoms with Gasteiger partial charge in [-0.1, -0.05) is 6.07 Å². The highest BCUT2D eigenvalue weighted by molar-refractivity contribution is 7.80. The number of carbonyl (C=O) groups is 2. The Morgan fingerprint density at radius 1 is 1.30 bits per heavy atom. The van der Waals surface area contributed by atoms with Crippen LogP contribution in [0.3, 0.4) is 0 Å². The first-order valence-electron chi connectivity index (χ1n) is 7.15. The lowest BCUT2D eigenvalue weighted by Gasteiger charge is -2.12. The second kappa shape index (κ2) is 8.64. The van der Waals surface area contributed by atoms with Crippen molar-refractivity contribution < 1.29 is 14.0 Å². The third-order valence-electron chi connectivity index (χ3n) is 3.02. The molecule has 0 bridgehead atoms. The van der Waals surface area contributed by atoms with E-state index >= 15 is 0 Å². The fourth-order valence-corrected chi connectivity index (χ4v) is 2.72. The summed E-state index contributed by atoms with van der Waals surface area (Å²) in [6.07, 6.45) is 0. The maximum absolute atomic E-state index is 11.9. The minimum atomic E-state index is -0.291. The molecule has 2 rings (SSSR count). The zero-order valence-electron chi connectivity index (χ0n) is 12.7. The predicted octanol–water partition coefficient (Wildman–Crippen LogP) is 2.56. The van der Waals surface area contributed by atoms with Crippen LogP contribution in [0.5, 0.6) is 0 Å². The van der Waals surface area contributed by atoms with Crippen molar-refractivity contribution in [2.45, 2.75) is 19.5 Å². The van der Waals surface area contributed by atoms with Gasteiger partial charge < -0.3 is 20.4 Å². The Morgan fingerprint density at radius 2 is 2.13 bits per heavy atom. The monoisotopic (exact) mass is 353 g/mol. The molecule has 1 unspecified atom stereocenters. The molecule has 0 fully saturated rings. The highest BCUT2D eigenvalue weighted by atomic mass is 32.1. The molecule has 8 heteroatoms. The third-order valence-corrected chi connectivity index (χ3v) is 4.30. The van der Waals surface area contributed by atoms with E-state index in [9.17, 15) is 9.59 Å². The molecule has 1 atom stereocenters. The van der Waals surface area contributed by atoms with Crippen molar-refractivity contribution in [3.05, 3.63) is 46.0 Å². The first kappa shape index (κ1) is 17.4. The van der Waals surface area contributed by atoms with Gasteiger partial charge in [0.05, 0.1) is 12.6 Å². The molecule has 3 N–H and O–H groups in total. The van der Waals surface area contributed by atoms with E-state index in [1.807, 2.05) is 24.4 Å². The van der Waals surface area contributed by atoms with E-state index in [1.54, 1.807) is 23.5 Å². The molecule has 3 amide bonds. The van der Waals surface area contributed by atoms with E-state index in [1.165, 1.54) is 0 Å². The zero-order chi connectivity index (χ0) is 16.7. The van der Waals surface area contributed by atoms with Gasteiger partial charge in [0, 0.05) is 17.2 Å². The summed E-state index contributed by atoms with van der Waals surface area (Å²) in [5, 5.41) is 10.2. The normalized spacial score (nSPS) is 11.7. The molecule has 2 aromatic heterocycles. The quantitative estimate of drug-likeness (QED) is 0.577. The van der Waals surface area contributed by atoms with Crippen LogP contribution < -0.4 is 16.0 Å². The first-order chi connectivity index (χ1) is 11.1. The van der Waals surface area contributed by atoms with Gasteiger partial charge in [-0.3, -0.25) is 4.79 Å². The molecule has 6 nitrogen and oxygen atoms in total. The average Bonchev–Trinajstić information content (AvgIpc) is 3.21. The van der Waals surface area contributed by atoms with Gasteiger partial charge in [0.1, 0.15) is 5.76 Å². The molecule has 0 saturated carbocycles. The van der Waals surface area contributed by atoms with Crippen molar-refractivity contribution in [2.75, 3.05) is 12.3 Å². The predicted molar refractivity (Wildman–Crippen MR) is 93.0 cm³/mol. The van der Waals surface area contributed by atoms with Crippen LogP contribution >= 0.6 is 24.0 Å². The summed E-state index contributed by atoms with van der Waals surface area (Å²) < 4.78 is 5.39. The molecule has 0 saturated heterocycles. The molecule has 0 aliphatic heterocycles. The SMILES string of the molecule is CC(NC(=O)NCc1ccc(C(=O)NCCS)o1)c1cccs1. The first-order valence-corrected chi connectivity index (χ1v) is 8.67. The lowest BCUT2D eigenvalue weighted by molar-refractivity contribution is 0.0926. The van der Waals surface area contributed by atoms with Crippen molar-refractivity contribution in [1.29, 1.82) is 0 Å². The second-order valence-electron chi connectivity index (χ2n) is 4.81. The van der Waals surface area contributed by atoms with Gasteiger partial charge in [-0.05, 0) is 30.5 Å². The minimum absolute atomic E-state index is 0.0610. The van der Waals surface area contributed by atoms with Crippen LogP contribution in [0, 0.1) is 0 Å². The van der Waals surface area contributed by atoms with Crippen LogP contribution in [0.4, 0.5) is 4.79 Å². The van der Waals surface area contributed by atoms with E-state index in [-0.39, 0.29) is 30.3 Å². The van der Waals surface area contributed by atoms with E-state index in [4.69, 9.17) is 4.42 Å². The number of rotatable bonds is 7. The van der Waals surface area contributed by atoms with Gasteiger partial charge in [-0.25, -0.2) is 4.79 Å². The lowest BCUT2D eigenvalue weighted by atomic mass is 10.3. The van der Waals surface area contributed by atoms with E-state index in [2.05, 4.69) is 28.6 Å². The Kier molecular flexibility index (Phi) is 6.54. The van der Waals surface area contributed by atoms with Crippen LogP contribution in [-0.4, -0.2) is 24.2 Å². The molecular weight excluding hydrogens is 334 g/mol. The number of amides is 3. The van der Waals surface area contributed by atoms with E-state index < -0.39 is 0 Å². The van der Waals surface area contributed by atoms with Crippen molar-refractivity contribution in [3.8, 4) is 0 Å². The summed E-state index contributed by atoms with van der Waals surface area (Å²) in [6.45, 7) is 2.60. The van der Waals surface area contributed by atoms with Crippen LogP contribution in [0.2, 0.25) is 0 Å². The number of thiol groups is 1. The summed E-state index contributed by atoms with van der Waals surface area (Å²) in [4.78, 5) is 24.6. The van der Waals surface area contributed by atoms with Gasteiger partial charge in [0.25, 0.3) is 5.91 Å². The summed E-state index contributed by atoms with van der Waals surface area (Å²) in [7, 11) is 0. The Balaban J connectivity index is 1.78. The standard InChI is InChI=1S/C15H19N3O3S2/c1-10(13-3-2-8-23-13)18-15(20)17-9-11-4-5-12(21-11)14(19)16-6-7-22/h2-5,8,10,22H,6-7,9H2,1H3,(H,16,19)(H2,17,18,20). The topological polar surface area (TPSA) is 83.4 Å². The van der Waals surface area contributed by atoms with Crippen molar-refractivity contribution in [2.24, 2.45) is 0 Å². The maximum Gasteiger partial charge on any atom is 0.315 e. The molecule has 0 aliphatic rings. The fraction of sp³-hybridized carbons (Fsp3) is 0.333. The largest absolute Gasteiger partial charge is 0.454 e. The average molecular weight is 353 g/mol. The Hall–Kier alpha value is -1.93. The maximum atomic E-state index is 11.9. The van der Waals surface area contributed by atoms with Crippen LogP contribution in [0.1, 0.15) is 34.2 Å². The highest BCUT2D eigenvalue weighted by Crippen LogP contribution is 2.17. The van der Waals surface area contributed by atoms with Crippen LogP contribution in [-0.2, 0) is 6.54 Å². The van der Waals surface area contributed by atoms with Gasteiger partial charge in [0.15, 0.2) is 5.76 Å². The molecule has 0 radical (unpaired) electrons. The highest BCUT2D eigenvalue weighted by Gasteiger charge is 2.12. The minimum Gasteiger partial charge on any atom is -0.454 e. The number of furan rings is 1. The smallest absolute Gasteiger partial charge is 0.315 e. The zero-order valence-corrected chi connectivity index (χ0v) is 14.4. The molecule has 0 spiro atoms. The van der Waals surface area contributed by atoms with Gasteiger partial charge >= 0.3 is 6.03 Å². The van der Waals surface area contributed by atoms with Gasteiger partial charge in [-0.2, -0.15) is 12.6 Å². The molecule has 0 aliphatic carbocycles. The molecular formula is C15H19N3O3S2. The molecule has 23 heavy (non-hydrogen) atoms. The van der Waals surface area contributed by atoms with Crippen molar-refractivity contribution in [3.63, 3.8) is 0 Å². The molecule has 0 aromatic carbocycles. The number of hydrogen-bond acceptors (Lipinski definition) is 5. The van der Waals surface area contributed by atoms with Crippen molar-refractivity contribution >= 4 is 35.9 Å². The Bertz CT molecular complexity index is 640. The van der Waals surface area contributed by atoms with Gasteiger partial charge in [-0.15, -0.1) is 11.3 Å². The molecule has 2 heterocycles. The summed E-state index contributed by atoms with van der Waals surface area (Å²) in [5.41, 5.74) is 0. The lowest BCUT2D eigenvalue weighted by Crippen LogP contribution is -2.36. The third kappa shape index (κ3) is 5.33. The molecule has 2 aromatic rings. The number of hydrogen-bond donors (Lipinski definition) is 4. The number of urea groups is 1. The van der Waals surface area contributed by atoms with E-state index in [0.717, 1.165) is 4.88 Å². The van der Waals surface area contributed by atoms with Crippen LogP contribution in [0.15, 0.2) is 34.1 Å². The second-order valence-corrected chi connectivity index (χ2v) is 6.24. The van der Waals surface area contributed by atoms with Crippen molar-refractivity contribution in [1.82, 2.24) is 16.0 Å². The Labute approximate surface area is 144 Å². The summed E-state index contributed by atoms with van der Waals surface area (Å²) >= 11 is 5.61. The molecule has 124 valence electrons. The number of thiophene rings is 1. The number of nitrogens with one attached hydrogen (secondary N) is 3. The fourth-order valence-electron chi connectivity index (χ4n) is 1.88. The van der Waals surface area contributed by atoms with E-state index in [0.29, 0.717) is 18.1 Å².